The first-order chi connectivity index (χ1) is 7.72. The summed E-state index contributed by atoms with van der Waals surface area (Å²) in [4.78, 5) is 0. The van der Waals surface area contributed by atoms with Crippen LogP contribution in [0.1, 0.15) is 58.8 Å². The van der Waals surface area contributed by atoms with E-state index in [1.165, 1.54) is 32.1 Å². The molecule has 0 aromatic heterocycles. The summed E-state index contributed by atoms with van der Waals surface area (Å²) < 4.78 is 5.84. The zero-order valence-corrected chi connectivity index (χ0v) is 11.5. The Morgan fingerprint density at radius 2 is 1.81 bits per heavy atom. The van der Waals surface area contributed by atoms with E-state index in [-0.39, 0.29) is 5.60 Å². The van der Waals surface area contributed by atoms with E-state index >= 15 is 0 Å². The maximum absolute atomic E-state index is 5.84. The summed E-state index contributed by atoms with van der Waals surface area (Å²) in [6.07, 6.45) is 9.18. The minimum Gasteiger partial charge on any atom is -0.377 e. The van der Waals surface area contributed by atoms with Gasteiger partial charge in [0, 0.05) is 13.2 Å². The number of hydrogen-bond acceptors (Lipinski definition) is 2. The van der Waals surface area contributed by atoms with Crippen molar-refractivity contribution in [2.75, 3.05) is 14.2 Å². The molecule has 0 aliphatic heterocycles. The minimum absolute atomic E-state index is 0.0390. The zero-order valence-electron chi connectivity index (χ0n) is 11.5. The van der Waals surface area contributed by atoms with E-state index in [2.05, 4.69) is 26.2 Å². The Hall–Kier alpha value is -0.0800. The zero-order chi connectivity index (χ0) is 12.0. The molecule has 2 nitrogen and oxygen atoms in total. The Morgan fingerprint density at radius 3 is 2.19 bits per heavy atom. The fourth-order valence-electron chi connectivity index (χ4n) is 3.35. The molecule has 1 rings (SSSR count). The summed E-state index contributed by atoms with van der Waals surface area (Å²) in [5, 5.41) is 3.50. The number of likely N-dealkylation sites (N-methyl/N-ethyl adjacent to an activating group) is 1. The fraction of sp³-hybridized carbons (Fsp3) is 1.00. The van der Waals surface area contributed by atoms with Crippen LogP contribution < -0.4 is 5.32 Å². The van der Waals surface area contributed by atoms with E-state index in [1.807, 2.05) is 7.11 Å². The van der Waals surface area contributed by atoms with Crippen LogP contribution in [0.3, 0.4) is 0 Å². The van der Waals surface area contributed by atoms with Crippen molar-refractivity contribution in [3.63, 3.8) is 0 Å². The summed E-state index contributed by atoms with van der Waals surface area (Å²) in [6, 6.07) is 0.510. The molecule has 96 valence electrons. The van der Waals surface area contributed by atoms with Gasteiger partial charge < -0.3 is 10.1 Å². The molecule has 0 aromatic rings. The Kier molecular flexibility index (Phi) is 5.77. The van der Waals surface area contributed by atoms with Crippen LogP contribution in [-0.4, -0.2) is 25.8 Å². The SMILES string of the molecule is CCC(CC)(OC)C(CC1CCCC1)NC. The van der Waals surface area contributed by atoms with Gasteiger partial charge in [-0.1, -0.05) is 39.5 Å². The molecule has 0 spiro atoms. The van der Waals surface area contributed by atoms with Crippen molar-refractivity contribution >= 4 is 0 Å². The van der Waals surface area contributed by atoms with Crippen LogP contribution in [0.15, 0.2) is 0 Å². The third-order valence-electron chi connectivity index (χ3n) is 4.63. The van der Waals surface area contributed by atoms with Crippen LogP contribution in [0.2, 0.25) is 0 Å². The molecule has 1 N–H and O–H groups in total. The standard InChI is InChI=1S/C14H29NO/c1-5-14(6-2,16-4)13(15-3)11-12-9-7-8-10-12/h12-13,15H,5-11H2,1-4H3. The van der Waals surface area contributed by atoms with Crippen LogP contribution in [0.25, 0.3) is 0 Å². The van der Waals surface area contributed by atoms with Crippen LogP contribution in [0.5, 0.6) is 0 Å². The number of methoxy groups -OCH3 is 1. The van der Waals surface area contributed by atoms with Crippen LogP contribution in [-0.2, 0) is 4.74 Å². The summed E-state index contributed by atoms with van der Waals surface area (Å²) in [5.74, 6) is 0.921. The third-order valence-corrected chi connectivity index (χ3v) is 4.63. The van der Waals surface area contributed by atoms with Crippen LogP contribution >= 0.6 is 0 Å². The smallest absolute Gasteiger partial charge is 0.0825 e. The Balaban J connectivity index is 2.61. The normalized spacial score (nSPS) is 20.2. The molecular formula is C14H29NO. The minimum atomic E-state index is 0.0390. The first kappa shape index (κ1) is 14.0. The lowest BCUT2D eigenvalue weighted by atomic mass is 9.82. The molecule has 1 unspecified atom stereocenters. The van der Waals surface area contributed by atoms with E-state index in [1.54, 1.807) is 0 Å². The van der Waals surface area contributed by atoms with Gasteiger partial charge in [0.15, 0.2) is 0 Å². The van der Waals surface area contributed by atoms with Crippen molar-refractivity contribution in [1.29, 1.82) is 0 Å². The van der Waals surface area contributed by atoms with Gasteiger partial charge in [-0.15, -0.1) is 0 Å². The summed E-state index contributed by atoms with van der Waals surface area (Å²) in [7, 11) is 3.95. The number of ether oxygens (including phenoxy) is 1. The van der Waals surface area contributed by atoms with E-state index in [0.717, 1.165) is 18.8 Å². The Labute approximate surface area is 101 Å². The van der Waals surface area contributed by atoms with Gasteiger partial charge in [-0.3, -0.25) is 0 Å². The van der Waals surface area contributed by atoms with Gasteiger partial charge in [0.05, 0.1) is 5.60 Å². The van der Waals surface area contributed by atoms with Gasteiger partial charge in [0.2, 0.25) is 0 Å². The van der Waals surface area contributed by atoms with Gasteiger partial charge in [-0.25, -0.2) is 0 Å². The first-order valence-corrected chi connectivity index (χ1v) is 6.94. The predicted octanol–water partition coefficient (Wildman–Crippen LogP) is 3.36. The number of rotatable bonds is 7. The van der Waals surface area contributed by atoms with Crippen molar-refractivity contribution in [1.82, 2.24) is 5.32 Å². The first-order valence-electron chi connectivity index (χ1n) is 6.94. The fourth-order valence-corrected chi connectivity index (χ4v) is 3.35. The highest BCUT2D eigenvalue weighted by atomic mass is 16.5. The molecule has 0 aromatic carbocycles. The maximum Gasteiger partial charge on any atom is 0.0825 e. The quantitative estimate of drug-likeness (QED) is 0.720. The molecule has 1 aliphatic rings. The maximum atomic E-state index is 5.84. The van der Waals surface area contributed by atoms with Crippen LogP contribution in [0.4, 0.5) is 0 Å². The van der Waals surface area contributed by atoms with Crippen molar-refractivity contribution < 1.29 is 4.74 Å². The molecule has 1 fully saturated rings. The topological polar surface area (TPSA) is 21.3 Å². The number of nitrogens with one attached hydrogen (secondary N) is 1. The van der Waals surface area contributed by atoms with Crippen molar-refractivity contribution in [2.24, 2.45) is 5.92 Å². The molecule has 0 heterocycles. The molecule has 2 heteroatoms. The van der Waals surface area contributed by atoms with Gasteiger partial charge in [0.25, 0.3) is 0 Å². The Bertz CT molecular complexity index is 175. The molecule has 16 heavy (non-hydrogen) atoms. The van der Waals surface area contributed by atoms with Crippen LogP contribution in [0, 0.1) is 5.92 Å². The summed E-state index contributed by atoms with van der Waals surface area (Å²) >= 11 is 0. The average Bonchev–Trinajstić information content (AvgIpc) is 2.83. The predicted molar refractivity (Wildman–Crippen MR) is 69.7 cm³/mol. The van der Waals surface area contributed by atoms with Gasteiger partial charge >= 0.3 is 0 Å². The lowest BCUT2D eigenvalue weighted by molar-refractivity contribution is -0.0510. The van der Waals surface area contributed by atoms with Crippen molar-refractivity contribution in [3.8, 4) is 0 Å². The van der Waals surface area contributed by atoms with Crippen molar-refractivity contribution in [3.05, 3.63) is 0 Å². The lowest BCUT2D eigenvalue weighted by Gasteiger charge is -2.39. The van der Waals surface area contributed by atoms with Gasteiger partial charge in [0.1, 0.15) is 0 Å². The molecule has 0 bridgehead atoms. The number of hydrogen-bond donors (Lipinski definition) is 1. The molecule has 0 radical (unpaired) electrons. The molecule has 1 aliphatic carbocycles. The summed E-state index contributed by atoms with van der Waals surface area (Å²) in [5.41, 5.74) is 0.0390. The van der Waals surface area contributed by atoms with Gasteiger partial charge in [-0.2, -0.15) is 0 Å². The van der Waals surface area contributed by atoms with Crippen molar-refractivity contribution in [2.45, 2.75) is 70.4 Å². The molecule has 0 saturated heterocycles. The highest BCUT2D eigenvalue weighted by molar-refractivity contribution is 4.92. The molecule has 0 amide bonds. The Morgan fingerprint density at radius 1 is 1.25 bits per heavy atom. The van der Waals surface area contributed by atoms with E-state index in [4.69, 9.17) is 4.74 Å². The second-order valence-electron chi connectivity index (χ2n) is 5.20. The second-order valence-corrected chi connectivity index (χ2v) is 5.20. The second kappa shape index (κ2) is 6.61. The third kappa shape index (κ3) is 2.98. The van der Waals surface area contributed by atoms with E-state index < -0.39 is 0 Å². The van der Waals surface area contributed by atoms with Gasteiger partial charge in [-0.05, 0) is 32.2 Å². The summed E-state index contributed by atoms with van der Waals surface area (Å²) in [6.45, 7) is 4.48. The highest BCUT2D eigenvalue weighted by Crippen LogP contribution is 2.34. The monoisotopic (exact) mass is 227 g/mol. The van der Waals surface area contributed by atoms with E-state index in [0.29, 0.717) is 6.04 Å². The van der Waals surface area contributed by atoms with E-state index in [9.17, 15) is 0 Å². The lowest BCUT2D eigenvalue weighted by Crippen LogP contribution is -2.51. The average molecular weight is 227 g/mol. The highest BCUT2D eigenvalue weighted by Gasteiger charge is 2.36. The largest absolute Gasteiger partial charge is 0.377 e. The molecule has 1 saturated carbocycles. The molecular weight excluding hydrogens is 198 g/mol. The molecule has 1 atom stereocenters.